The fraction of sp³-hybridized carbons (Fsp3) is 0.632. The smallest absolute Gasteiger partial charge is 0.404 e. The third-order valence-electron chi connectivity index (χ3n) is 4.23. The Morgan fingerprint density at radius 3 is 2.27 bits per heavy atom. The minimum Gasteiger partial charge on any atom is -0.445 e. The van der Waals surface area contributed by atoms with Gasteiger partial charge in [-0.1, -0.05) is 82.7 Å². The van der Waals surface area contributed by atoms with Gasteiger partial charge < -0.3 is 4.74 Å². The first-order valence-corrected chi connectivity index (χ1v) is 8.97. The summed E-state index contributed by atoms with van der Waals surface area (Å²) in [6.07, 6.45) is 9.50. The highest BCUT2D eigenvalue weighted by molar-refractivity contribution is 6.61. The van der Waals surface area contributed by atoms with E-state index >= 15 is 0 Å². The predicted octanol–water partition coefficient (Wildman–Crippen LogP) is 6.88. The van der Waals surface area contributed by atoms with Crippen LogP contribution in [0.25, 0.3) is 0 Å². The van der Waals surface area contributed by atoms with E-state index in [0.717, 1.165) is 18.4 Å². The Bertz CT molecular complexity index is 405. The molecule has 1 rings (SSSR count). The zero-order valence-corrected chi connectivity index (χ0v) is 14.6. The van der Waals surface area contributed by atoms with E-state index in [9.17, 15) is 4.79 Å². The molecule has 0 amide bonds. The summed E-state index contributed by atoms with van der Waals surface area (Å²) < 4.78 is 5.41. The van der Waals surface area contributed by atoms with E-state index in [2.05, 4.69) is 13.8 Å². The molecule has 0 bridgehead atoms. The molecule has 2 nitrogen and oxygen atoms in total. The first kappa shape index (κ1) is 19.0. The Morgan fingerprint density at radius 2 is 1.68 bits per heavy atom. The maximum Gasteiger partial charge on any atom is 0.404 e. The van der Waals surface area contributed by atoms with E-state index in [4.69, 9.17) is 16.3 Å². The van der Waals surface area contributed by atoms with Crippen molar-refractivity contribution in [2.45, 2.75) is 71.3 Å². The van der Waals surface area contributed by atoms with Gasteiger partial charge in [-0.3, -0.25) is 0 Å². The number of halogens is 1. The maximum absolute atomic E-state index is 11.2. The molecule has 0 aromatic heterocycles. The van der Waals surface area contributed by atoms with Crippen molar-refractivity contribution in [2.24, 2.45) is 5.92 Å². The van der Waals surface area contributed by atoms with E-state index in [-0.39, 0.29) is 6.10 Å². The fourth-order valence-electron chi connectivity index (χ4n) is 2.94. The molecule has 2 atom stereocenters. The molecule has 3 heteroatoms. The van der Waals surface area contributed by atoms with Crippen LogP contribution < -0.4 is 0 Å². The van der Waals surface area contributed by atoms with Gasteiger partial charge in [-0.2, -0.15) is 0 Å². The van der Waals surface area contributed by atoms with Crippen molar-refractivity contribution in [3.05, 3.63) is 35.9 Å². The Hall–Kier alpha value is -1.02. The van der Waals surface area contributed by atoms with Gasteiger partial charge in [0.15, 0.2) is 0 Å². The number of hydrogen-bond acceptors (Lipinski definition) is 2. The lowest BCUT2D eigenvalue weighted by atomic mass is 9.88. The predicted molar refractivity (Wildman–Crippen MR) is 93.3 cm³/mol. The molecule has 1 aromatic rings. The summed E-state index contributed by atoms with van der Waals surface area (Å²) in [6, 6.07) is 9.93. The van der Waals surface area contributed by atoms with Crippen LogP contribution in [0.15, 0.2) is 30.3 Å². The van der Waals surface area contributed by atoms with Gasteiger partial charge in [-0.05, 0) is 18.4 Å². The highest BCUT2D eigenvalue weighted by Gasteiger charge is 2.24. The molecule has 2 unspecified atom stereocenters. The molecule has 0 fully saturated rings. The number of ether oxygens (including phenoxy) is 1. The molecule has 124 valence electrons. The Morgan fingerprint density at radius 1 is 1.05 bits per heavy atom. The highest BCUT2D eigenvalue weighted by Crippen LogP contribution is 2.33. The summed E-state index contributed by atoms with van der Waals surface area (Å²) in [5, 5.41) is 0. The average molecular weight is 325 g/mol. The first-order valence-electron chi connectivity index (χ1n) is 8.60. The van der Waals surface area contributed by atoms with Crippen LogP contribution in [-0.2, 0) is 4.74 Å². The van der Waals surface area contributed by atoms with Crippen molar-refractivity contribution in [3.63, 3.8) is 0 Å². The minimum atomic E-state index is -0.713. The molecule has 1 aromatic carbocycles. The number of rotatable bonds is 11. The van der Waals surface area contributed by atoms with Crippen LogP contribution >= 0.6 is 11.6 Å². The molecule has 0 saturated carbocycles. The van der Waals surface area contributed by atoms with E-state index in [1.54, 1.807) is 0 Å². The van der Waals surface area contributed by atoms with E-state index in [1.165, 1.54) is 38.5 Å². The number of carbonyl (C=O) groups excluding carboxylic acids is 1. The largest absolute Gasteiger partial charge is 0.445 e. The van der Waals surface area contributed by atoms with E-state index in [1.807, 2.05) is 30.3 Å². The fourth-order valence-corrected chi connectivity index (χ4v) is 3.03. The lowest BCUT2D eigenvalue weighted by Crippen LogP contribution is -2.17. The van der Waals surface area contributed by atoms with Crippen LogP contribution in [0.5, 0.6) is 0 Å². The maximum atomic E-state index is 11.2. The third kappa shape index (κ3) is 7.31. The van der Waals surface area contributed by atoms with Gasteiger partial charge in [0.2, 0.25) is 0 Å². The first-order chi connectivity index (χ1) is 10.7. The molecule has 0 aliphatic carbocycles. The van der Waals surface area contributed by atoms with Crippen LogP contribution in [0.2, 0.25) is 0 Å². The molecule has 0 N–H and O–H groups in total. The van der Waals surface area contributed by atoms with Gasteiger partial charge >= 0.3 is 5.43 Å². The van der Waals surface area contributed by atoms with Gasteiger partial charge in [0.25, 0.3) is 0 Å². The van der Waals surface area contributed by atoms with Gasteiger partial charge in [0, 0.05) is 17.5 Å². The van der Waals surface area contributed by atoms with Crippen LogP contribution in [0.1, 0.15) is 76.9 Å². The Kier molecular flexibility index (Phi) is 9.98. The lowest BCUT2D eigenvalue weighted by molar-refractivity contribution is 0.0732. The van der Waals surface area contributed by atoms with Crippen molar-refractivity contribution in [1.29, 1.82) is 0 Å². The van der Waals surface area contributed by atoms with Crippen LogP contribution in [-0.4, -0.2) is 5.43 Å². The monoisotopic (exact) mass is 324 g/mol. The van der Waals surface area contributed by atoms with Gasteiger partial charge in [-0.15, -0.1) is 0 Å². The molecular formula is C19H29ClO2. The van der Waals surface area contributed by atoms with Crippen LogP contribution in [0.3, 0.4) is 0 Å². The number of hydrogen-bond donors (Lipinski definition) is 0. The average Bonchev–Trinajstić information content (AvgIpc) is 2.53. The molecule has 0 saturated heterocycles. The second-order valence-corrected chi connectivity index (χ2v) is 6.22. The SMILES string of the molecule is CCCCCCCCC(CC)C(OC(=O)Cl)c1ccccc1. The minimum absolute atomic E-state index is 0.230. The number of carbonyl (C=O) groups is 1. The summed E-state index contributed by atoms with van der Waals surface area (Å²) in [7, 11) is 0. The molecule has 0 aliphatic rings. The zero-order chi connectivity index (χ0) is 16.2. The number of benzene rings is 1. The highest BCUT2D eigenvalue weighted by atomic mass is 35.5. The molecule has 0 spiro atoms. The summed E-state index contributed by atoms with van der Waals surface area (Å²) in [6.45, 7) is 4.39. The Balaban J connectivity index is 2.56. The standard InChI is InChI=1S/C19H29ClO2/c1-3-5-6-7-8-10-13-16(4-2)18(22-19(20)21)17-14-11-9-12-15-17/h9,11-12,14-16,18H,3-8,10,13H2,1-2H3. The third-order valence-corrected chi connectivity index (χ3v) is 4.32. The molecule has 0 heterocycles. The number of unbranched alkanes of at least 4 members (excludes halogenated alkanes) is 5. The van der Waals surface area contributed by atoms with Crippen molar-refractivity contribution in [3.8, 4) is 0 Å². The zero-order valence-electron chi connectivity index (χ0n) is 13.9. The topological polar surface area (TPSA) is 26.3 Å². The van der Waals surface area contributed by atoms with Crippen molar-refractivity contribution in [1.82, 2.24) is 0 Å². The summed E-state index contributed by atoms with van der Waals surface area (Å²) in [5.41, 5.74) is 0.324. The second kappa shape index (κ2) is 11.5. The van der Waals surface area contributed by atoms with E-state index < -0.39 is 5.43 Å². The van der Waals surface area contributed by atoms with Crippen LogP contribution in [0.4, 0.5) is 4.79 Å². The summed E-state index contributed by atoms with van der Waals surface area (Å²) >= 11 is 5.48. The van der Waals surface area contributed by atoms with Gasteiger partial charge in [-0.25, -0.2) is 4.79 Å². The van der Waals surface area contributed by atoms with Crippen molar-refractivity contribution in [2.75, 3.05) is 0 Å². The van der Waals surface area contributed by atoms with Crippen molar-refractivity contribution < 1.29 is 9.53 Å². The normalized spacial score (nSPS) is 13.6. The van der Waals surface area contributed by atoms with Crippen molar-refractivity contribution >= 4 is 17.0 Å². The molecule has 0 aliphatic heterocycles. The molecular weight excluding hydrogens is 296 g/mol. The van der Waals surface area contributed by atoms with Gasteiger partial charge in [0.1, 0.15) is 6.10 Å². The lowest BCUT2D eigenvalue weighted by Gasteiger charge is -2.26. The summed E-state index contributed by atoms with van der Waals surface area (Å²) in [5.74, 6) is 0.330. The molecule has 22 heavy (non-hydrogen) atoms. The molecule has 0 radical (unpaired) electrons. The second-order valence-electron chi connectivity index (χ2n) is 5.91. The summed E-state index contributed by atoms with van der Waals surface area (Å²) in [4.78, 5) is 11.2. The Labute approximate surface area is 140 Å². The van der Waals surface area contributed by atoms with Crippen LogP contribution in [0, 0.1) is 5.92 Å². The van der Waals surface area contributed by atoms with Gasteiger partial charge in [0.05, 0.1) is 0 Å². The quantitative estimate of drug-likeness (QED) is 0.327. The van der Waals surface area contributed by atoms with E-state index in [0.29, 0.717) is 5.92 Å².